The highest BCUT2D eigenvalue weighted by Crippen LogP contribution is 2.33. The van der Waals surface area contributed by atoms with Crippen molar-refractivity contribution in [2.24, 2.45) is 5.92 Å². The molecule has 0 atom stereocenters. The summed E-state index contributed by atoms with van der Waals surface area (Å²) in [6, 6.07) is 12.3. The van der Waals surface area contributed by atoms with Crippen LogP contribution >= 0.6 is 22.6 Å². The highest BCUT2D eigenvalue weighted by Gasteiger charge is 2.26. The zero-order valence-electron chi connectivity index (χ0n) is 17.6. The van der Waals surface area contributed by atoms with E-state index in [0.29, 0.717) is 18.2 Å². The Morgan fingerprint density at radius 2 is 1.97 bits per heavy atom. The van der Waals surface area contributed by atoms with Gasteiger partial charge in [0.25, 0.3) is 11.6 Å². The van der Waals surface area contributed by atoms with E-state index in [0.717, 1.165) is 33.5 Å². The Morgan fingerprint density at radius 1 is 1.25 bits per heavy atom. The van der Waals surface area contributed by atoms with E-state index in [2.05, 4.69) is 38.5 Å². The lowest BCUT2D eigenvalue weighted by Gasteiger charge is -2.15. The maximum Gasteiger partial charge on any atom is 0.295 e. The van der Waals surface area contributed by atoms with Crippen molar-refractivity contribution in [2.45, 2.75) is 26.7 Å². The molecule has 1 aliphatic rings. The molecule has 0 aliphatic heterocycles. The largest absolute Gasteiger partial charge is 0.355 e. The number of aromatic nitrogens is 2. The first-order valence-corrected chi connectivity index (χ1v) is 11.2. The molecule has 1 amide bonds. The van der Waals surface area contributed by atoms with E-state index in [1.807, 2.05) is 44.2 Å². The average Bonchev–Trinajstić information content (AvgIpc) is 3.51. The number of hydrogen-bond acceptors (Lipinski definition) is 6. The molecule has 1 saturated carbocycles. The molecule has 0 radical (unpaired) electrons. The third kappa shape index (κ3) is 5.07. The SMILES string of the molecule is Cc1cc(C)n(-c2cc(Nc3ccc(I)cc3)c(C(=O)NOCC3CC3)cc2[N+](=O)[O-])n1. The quantitative estimate of drug-likeness (QED) is 0.238. The number of rotatable bonds is 8. The van der Waals surface area contributed by atoms with Crippen LogP contribution in [0.1, 0.15) is 34.6 Å². The molecular formula is C22H22IN5O4. The lowest BCUT2D eigenvalue weighted by atomic mass is 10.1. The zero-order valence-corrected chi connectivity index (χ0v) is 19.8. The van der Waals surface area contributed by atoms with Gasteiger partial charge in [0.05, 0.1) is 28.5 Å². The van der Waals surface area contributed by atoms with E-state index in [1.54, 1.807) is 6.07 Å². The highest BCUT2D eigenvalue weighted by molar-refractivity contribution is 14.1. The van der Waals surface area contributed by atoms with Crippen LogP contribution in [-0.2, 0) is 4.84 Å². The molecule has 1 fully saturated rings. The van der Waals surface area contributed by atoms with Gasteiger partial charge in [0.2, 0.25) is 0 Å². The molecule has 32 heavy (non-hydrogen) atoms. The van der Waals surface area contributed by atoms with Crippen molar-refractivity contribution in [1.82, 2.24) is 15.3 Å². The van der Waals surface area contributed by atoms with E-state index in [-0.39, 0.29) is 16.9 Å². The van der Waals surface area contributed by atoms with Gasteiger partial charge in [0.15, 0.2) is 0 Å². The Kier molecular flexibility index (Phi) is 6.42. The molecule has 0 saturated heterocycles. The molecule has 1 aromatic heterocycles. The summed E-state index contributed by atoms with van der Waals surface area (Å²) in [6.07, 6.45) is 2.16. The predicted molar refractivity (Wildman–Crippen MR) is 128 cm³/mol. The summed E-state index contributed by atoms with van der Waals surface area (Å²) in [5.74, 6) is -0.0934. The van der Waals surface area contributed by atoms with Crippen LogP contribution in [0.2, 0.25) is 0 Å². The topological polar surface area (TPSA) is 111 Å². The third-order valence-corrected chi connectivity index (χ3v) is 5.82. The lowest BCUT2D eigenvalue weighted by Crippen LogP contribution is -2.26. The number of nitrogens with one attached hydrogen (secondary N) is 2. The van der Waals surface area contributed by atoms with Crippen LogP contribution < -0.4 is 10.8 Å². The molecular weight excluding hydrogens is 525 g/mol. The van der Waals surface area contributed by atoms with E-state index in [1.165, 1.54) is 10.7 Å². The number of benzene rings is 2. The standard InChI is InChI=1S/C22H22IN5O4/c1-13-9-14(2)27(25-13)20-11-19(24-17-7-5-16(23)6-8-17)18(10-21(20)28(30)31)22(29)26-32-12-15-3-4-15/h5-11,15,24H,3-4,12H2,1-2H3,(H,26,29). The normalized spacial score (nSPS) is 13.1. The minimum Gasteiger partial charge on any atom is -0.355 e. The molecule has 1 heterocycles. The van der Waals surface area contributed by atoms with Crippen LogP contribution in [0.25, 0.3) is 5.69 Å². The summed E-state index contributed by atoms with van der Waals surface area (Å²) in [4.78, 5) is 29.6. The Balaban J connectivity index is 1.77. The van der Waals surface area contributed by atoms with Crippen molar-refractivity contribution in [1.29, 1.82) is 0 Å². The minimum atomic E-state index is -0.554. The van der Waals surface area contributed by atoms with Crippen molar-refractivity contribution >= 4 is 45.6 Å². The number of nitro groups is 1. The molecule has 166 valence electrons. The van der Waals surface area contributed by atoms with Crippen LogP contribution in [-0.4, -0.2) is 27.2 Å². The predicted octanol–water partition coefficient (Wildman–Crippen LogP) is 4.82. The molecule has 0 bridgehead atoms. The smallest absolute Gasteiger partial charge is 0.295 e. The molecule has 2 N–H and O–H groups in total. The Bertz CT molecular complexity index is 1170. The number of amides is 1. The maximum absolute atomic E-state index is 12.9. The number of nitrogens with zero attached hydrogens (tertiary/aromatic N) is 3. The van der Waals surface area contributed by atoms with Crippen LogP contribution in [0, 0.1) is 33.4 Å². The number of halogens is 1. The van der Waals surface area contributed by atoms with Gasteiger partial charge in [-0.1, -0.05) is 0 Å². The fourth-order valence-electron chi connectivity index (χ4n) is 3.31. The van der Waals surface area contributed by atoms with Crippen LogP contribution in [0.4, 0.5) is 17.1 Å². The average molecular weight is 547 g/mol. The van der Waals surface area contributed by atoms with Gasteiger partial charge >= 0.3 is 0 Å². The fourth-order valence-corrected chi connectivity index (χ4v) is 3.67. The second-order valence-corrected chi connectivity index (χ2v) is 9.05. The second kappa shape index (κ2) is 9.25. The number of carbonyl (C=O) groups is 1. The van der Waals surface area contributed by atoms with Gasteiger partial charge in [0, 0.05) is 21.0 Å². The van der Waals surface area contributed by atoms with Gasteiger partial charge < -0.3 is 5.32 Å². The first-order valence-electron chi connectivity index (χ1n) is 10.1. The molecule has 9 nitrogen and oxygen atoms in total. The first kappa shape index (κ1) is 22.2. The second-order valence-electron chi connectivity index (χ2n) is 7.80. The molecule has 2 aromatic carbocycles. The molecule has 10 heteroatoms. The Labute approximate surface area is 198 Å². The summed E-state index contributed by atoms with van der Waals surface area (Å²) >= 11 is 2.21. The summed E-state index contributed by atoms with van der Waals surface area (Å²) in [7, 11) is 0. The number of nitro benzene ring substituents is 1. The summed E-state index contributed by atoms with van der Waals surface area (Å²) < 4.78 is 2.57. The molecule has 0 unspecified atom stereocenters. The van der Waals surface area contributed by atoms with Gasteiger partial charge in [-0.15, -0.1) is 0 Å². The third-order valence-electron chi connectivity index (χ3n) is 5.10. The van der Waals surface area contributed by atoms with Crippen molar-refractivity contribution in [3.63, 3.8) is 0 Å². The minimum absolute atomic E-state index is 0.108. The Morgan fingerprint density at radius 3 is 2.56 bits per heavy atom. The van der Waals surface area contributed by atoms with Gasteiger partial charge in [0.1, 0.15) is 5.69 Å². The molecule has 0 spiro atoms. The van der Waals surface area contributed by atoms with E-state index in [4.69, 9.17) is 4.84 Å². The van der Waals surface area contributed by atoms with Crippen molar-refractivity contribution in [2.75, 3.05) is 11.9 Å². The first-order chi connectivity index (χ1) is 15.3. The number of aryl methyl sites for hydroxylation is 2. The number of hydroxylamine groups is 1. The van der Waals surface area contributed by atoms with Crippen LogP contribution in [0.5, 0.6) is 0 Å². The van der Waals surface area contributed by atoms with E-state index in [9.17, 15) is 14.9 Å². The number of hydrogen-bond donors (Lipinski definition) is 2. The zero-order chi connectivity index (χ0) is 22.8. The van der Waals surface area contributed by atoms with Crippen molar-refractivity contribution in [3.8, 4) is 5.69 Å². The Hall–Kier alpha value is -2.99. The number of carbonyl (C=O) groups excluding carboxylic acids is 1. The molecule has 3 aromatic rings. The maximum atomic E-state index is 12.9. The van der Waals surface area contributed by atoms with E-state index >= 15 is 0 Å². The van der Waals surface area contributed by atoms with Crippen molar-refractivity contribution < 1.29 is 14.6 Å². The summed E-state index contributed by atoms with van der Waals surface area (Å²) in [5, 5.41) is 19.5. The van der Waals surface area contributed by atoms with Gasteiger partial charge in [-0.2, -0.15) is 5.10 Å². The lowest BCUT2D eigenvalue weighted by molar-refractivity contribution is -0.384. The van der Waals surface area contributed by atoms with Crippen LogP contribution in [0.15, 0.2) is 42.5 Å². The summed E-state index contributed by atoms with van der Waals surface area (Å²) in [6.45, 7) is 4.07. The fraction of sp³-hybridized carbons (Fsp3) is 0.273. The van der Waals surface area contributed by atoms with Gasteiger partial charge in [-0.05, 0) is 91.6 Å². The summed E-state index contributed by atoms with van der Waals surface area (Å²) in [5.41, 5.74) is 5.20. The van der Waals surface area contributed by atoms with E-state index < -0.39 is 10.8 Å². The van der Waals surface area contributed by atoms with Crippen LogP contribution in [0.3, 0.4) is 0 Å². The highest BCUT2D eigenvalue weighted by atomic mass is 127. The van der Waals surface area contributed by atoms with Crippen molar-refractivity contribution in [3.05, 3.63) is 73.1 Å². The number of anilines is 2. The monoisotopic (exact) mass is 547 g/mol. The molecule has 4 rings (SSSR count). The van der Waals surface area contributed by atoms with Gasteiger partial charge in [-0.3, -0.25) is 19.7 Å². The molecule has 1 aliphatic carbocycles. The van der Waals surface area contributed by atoms with Gasteiger partial charge in [-0.25, -0.2) is 10.2 Å².